The minimum absolute atomic E-state index is 0.237. The SMILES string of the molecule is O=C(Nc1ccccc1)c1ccnc(Nc2ccc(Cl)cc2Cl)n1. The molecule has 1 amide bonds. The molecule has 0 unspecified atom stereocenters. The molecule has 3 aromatic rings. The van der Waals surface area contributed by atoms with Crippen LogP contribution in [0.2, 0.25) is 10.0 Å². The minimum Gasteiger partial charge on any atom is -0.323 e. The number of nitrogens with zero attached hydrogens (tertiary/aromatic N) is 2. The molecule has 0 saturated carbocycles. The maximum absolute atomic E-state index is 12.3. The quantitative estimate of drug-likeness (QED) is 0.704. The van der Waals surface area contributed by atoms with Gasteiger partial charge in [0.2, 0.25) is 5.95 Å². The lowest BCUT2D eigenvalue weighted by atomic mass is 10.3. The first-order chi connectivity index (χ1) is 11.6. The lowest BCUT2D eigenvalue weighted by Crippen LogP contribution is -2.14. The molecule has 24 heavy (non-hydrogen) atoms. The lowest BCUT2D eigenvalue weighted by Gasteiger charge is -2.09. The number of para-hydroxylation sites is 1. The zero-order valence-electron chi connectivity index (χ0n) is 12.3. The van der Waals surface area contributed by atoms with Crippen LogP contribution in [-0.2, 0) is 0 Å². The number of anilines is 3. The van der Waals surface area contributed by atoms with E-state index >= 15 is 0 Å². The second-order valence-electron chi connectivity index (χ2n) is 4.83. The Bertz CT molecular complexity index is 871. The molecule has 0 aliphatic rings. The summed E-state index contributed by atoms with van der Waals surface area (Å²) in [7, 11) is 0. The molecule has 1 aromatic heterocycles. The van der Waals surface area contributed by atoms with Crippen LogP contribution in [0.5, 0.6) is 0 Å². The number of carbonyl (C=O) groups is 1. The number of rotatable bonds is 4. The molecule has 5 nitrogen and oxygen atoms in total. The van der Waals surface area contributed by atoms with Crippen LogP contribution in [-0.4, -0.2) is 15.9 Å². The molecule has 0 bridgehead atoms. The molecule has 1 heterocycles. The van der Waals surface area contributed by atoms with E-state index < -0.39 is 0 Å². The van der Waals surface area contributed by atoms with E-state index in [1.807, 2.05) is 18.2 Å². The standard InChI is InChI=1S/C17H12Cl2N4O/c18-11-6-7-14(13(19)10-11)22-17-20-9-8-15(23-17)16(24)21-12-4-2-1-3-5-12/h1-10H,(H,21,24)(H,20,22,23). The highest BCUT2D eigenvalue weighted by Crippen LogP contribution is 2.27. The van der Waals surface area contributed by atoms with Gasteiger partial charge in [0, 0.05) is 16.9 Å². The van der Waals surface area contributed by atoms with Crippen molar-refractivity contribution < 1.29 is 4.79 Å². The summed E-state index contributed by atoms with van der Waals surface area (Å²) in [5.74, 6) is -0.0613. The normalized spacial score (nSPS) is 10.2. The topological polar surface area (TPSA) is 66.9 Å². The lowest BCUT2D eigenvalue weighted by molar-refractivity contribution is 0.102. The third-order valence-corrected chi connectivity index (χ3v) is 3.65. The van der Waals surface area contributed by atoms with E-state index in [1.54, 1.807) is 30.3 Å². The summed E-state index contributed by atoms with van der Waals surface area (Å²) in [4.78, 5) is 20.6. The molecule has 0 atom stereocenters. The van der Waals surface area contributed by atoms with Crippen LogP contribution in [0, 0.1) is 0 Å². The predicted molar refractivity (Wildman–Crippen MR) is 96.2 cm³/mol. The molecular weight excluding hydrogens is 347 g/mol. The van der Waals surface area contributed by atoms with Crippen molar-refractivity contribution in [1.82, 2.24) is 9.97 Å². The summed E-state index contributed by atoms with van der Waals surface area (Å²) < 4.78 is 0. The Labute approximate surface area is 148 Å². The van der Waals surface area contributed by atoms with Crippen LogP contribution in [0.1, 0.15) is 10.5 Å². The number of carbonyl (C=O) groups excluding carboxylic acids is 1. The first-order valence-corrected chi connectivity index (χ1v) is 7.79. The van der Waals surface area contributed by atoms with Crippen LogP contribution < -0.4 is 10.6 Å². The third kappa shape index (κ3) is 4.01. The fourth-order valence-corrected chi connectivity index (χ4v) is 2.43. The Kier molecular flexibility index (Phi) is 4.93. The van der Waals surface area contributed by atoms with Gasteiger partial charge in [-0.05, 0) is 36.4 Å². The molecule has 2 N–H and O–H groups in total. The minimum atomic E-state index is -0.325. The molecule has 120 valence electrons. The average Bonchev–Trinajstić information content (AvgIpc) is 2.59. The fourth-order valence-electron chi connectivity index (χ4n) is 1.97. The van der Waals surface area contributed by atoms with Crippen molar-refractivity contribution in [3.05, 3.63) is 76.5 Å². The zero-order valence-corrected chi connectivity index (χ0v) is 13.8. The van der Waals surface area contributed by atoms with Crippen molar-refractivity contribution in [3.63, 3.8) is 0 Å². The van der Waals surface area contributed by atoms with Crippen molar-refractivity contribution in [3.8, 4) is 0 Å². The van der Waals surface area contributed by atoms with Crippen LogP contribution >= 0.6 is 23.2 Å². The number of halogens is 2. The van der Waals surface area contributed by atoms with E-state index in [1.165, 1.54) is 12.3 Å². The van der Waals surface area contributed by atoms with Crippen molar-refractivity contribution >= 4 is 46.4 Å². The van der Waals surface area contributed by atoms with E-state index in [2.05, 4.69) is 20.6 Å². The van der Waals surface area contributed by atoms with Gasteiger partial charge < -0.3 is 10.6 Å². The maximum Gasteiger partial charge on any atom is 0.274 e. The molecule has 7 heteroatoms. The van der Waals surface area contributed by atoms with Gasteiger partial charge in [0.1, 0.15) is 5.69 Å². The van der Waals surface area contributed by atoms with Gasteiger partial charge in [-0.15, -0.1) is 0 Å². The highest BCUT2D eigenvalue weighted by Gasteiger charge is 2.10. The van der Waals surface area contributed by atoms with Gasteiger partial charge in [0.25, 0.3) is 5.91 Å². The Morgan fingerprint density at radius 2 is 1.79 bits per heavy atom. The van der Waals surface area contributed by atoms with Crippen molar-refractivity contribution in [2.45, 2.75) is 0 Å². The van der Waals surface area contributed by atoms with E-state index in [0.717, 1.165) is 0 Å². The molecule has 0 aliphatic heterocycles. The largest absolute Gasteiger partial charge is 0.323 e. The molecule has 0 aliphatic carbocycles. The Morgan fingerprint density at radius 1 is 1.00 bits per heavy atom. The van der Waals surface area contributed by atoms with E-state index in [-0.39, 0.29) is 17.5 Å². The van der Waals surface area contributed by atoms with E-state index in [9.17, 15) is 4.79 Å². The summed E-state index contributed by atoms with van der Waals surface area (Å²) in [6.07, 6.45) is 1.50. The maximum atomic E-state index is 12.3. The summed E-state index contributed by atoms with van der Waals surface area (Å²) >= 11 is 12.0. The molecule has 0 fully saturated rings. The highest BCUT2D eigenvalue weighted by molar-refractivity contribution is 6.36. The van der Waals surface area contributed by atoms with Crippen LogP contribution in [0.25, 0.3) is 0 Å². The number of aromatic nitrogens is 2. The number of hydrogen-bond acceptors (Lipinski definition) is 4. The van der Waals surface area contributed by atoms with Crippen LogP contribution in [0.3, 0.4) is 0 Å². The van der Waals surface area contributed by atoms with Crippen molar-refractivity contribution in [1.29, 1.82) is 0 Å². The predicted octanol–water partition coefficient (Wildman–Crippen LogP) is 4.78. The molecule has 3 rings (SSSR count). The molecule has 2 aromatic carbocycles. The first kappa shape index (κ1) is 16.2. The van der Waals surface area contributed by atoms with Gasteiger partial charge in [0.05, 0.1) is 10.7 Å². The van der Waals surface area contributed by atoms with Crippen molar-refractivity contribution in [2.24, 2.45) is 0 Å². The Hall–Kier alpha value is -2.63. The fraction of sp³-hybridized carbons (Fsp3) is 0. The Balaban J connectivity index is 1.77. The molecule has 0 radical (unpaired) electrons. The molecule has 0 spiro atoms. The van der Waals surface area contributed by atoms with Crippen LogP contribution in [0.4, 0.5) is 17.3 Å². The summed E-state index contributed by atoms with van der Waals surface area (Å²) in [5, 5.41) is 6.70. The van der Waals surface area contributed by atoms with Crippen molar-refractivity contribution in [2.75, 3.05) is 10.6 Å². The average molecular weight is 359 g/mol. The molecule has 0 saturated heterocycles. The van der Waals surface area contributed by atoms with Gasteiger partial charge in [-0.3, -0.25) is 4.79 Å². The van der Waals surface area contributed by atoms with E-state index in [0.29, 0.717) is 21.4 Å². The van der Waals surface area contributed by atoms with E-state index in [4.69, 9.17) is 23.2 Å². The van der Waals surface area contributed by atoms with Gasteiger partial charge in [-0.1, -0.05) is 41.4 Å². The second-order valence-corrected chi connectivity index (χ2v) is 5.68. The second kappa shape index (κ2) is 7.29. The Morgan fingerprint density at radius 3 is 2.54 bits per heavy atom. The number of hydrogen-bond donors (Lipinski definition) is 2. The summed E-state index contributed by atoms with van der Waals surface area (Å²) in [6, 6.07) is 15.7. The summed E-state index contributed by atoms with van der Waals surface area (Å²) in [5.41, 5.74) is 1.53. The molecular formula is C17H12Cl2N4O. The smallest absolute Gasteiger partial charge is 0.274 e. The highest BCUT2D eigenvalue weighted by atomic mass is 35.5. The number of amides is 1. The zero-order chi connectivity index (χ0) is 16.9. The van der Waals surface area contributed by atoms with Gasteiger partial charge in [-0.2, -0.15) is 0 Å². The first-order valence-electron chi connectivity index (χ1n) is 7.03. The monoisotopic (exact) mass is 358 g/mol. The van der Waals surface area contributed by atoms with Gasteiger partial charge in [0.15, 0.2) is 0 Å². The third-order valence-electron chi connectivity index (χ3n) is 3.10. The number of nitrogens with one attached hydrogen (secondary N) is 2. The number of benzene rings is 2. The summed E-state index contributed by atoms with van der Waals surface area (Å²) in [6.45, 7) is 0. The van der Waals surface area contributed by atoms with Crippen LogP contribution in [0.15, 0.2) is 60.8 Å². The van der Waals surface area contributed by atoms with Gasteiger partial charge >= 0.3 is 0 Å². The van der Waals surface area contributed by atoms with Gasteiger partial charge in [-0.25, -0.2) is 9.97 Å².